The van der Waals surface area contributed by atoms with E-state index in [0.29, 0.717) is 0 Å². The fraction of sp³-hybridized carbons (Fsp3) is 0.273. The summed E-state index contributed by atoms with van der Waals surface area (Å²) in [7, 11) is -4.07. The van der Waals surface area contributed by atoms with Crippen LogP contribution < -0.4 is 5.32 Å². The van der Waals surface area contributed by atoms with E-state index < -0.39 is 39.9 Å². The lowest BCUT2D eigenvalue weighted by Gasteiger charge is -2.25. The van der Waals surface area contributed by atoms with E-state index >= 15 is 0 Å². The van der Waals surface area contributed by atoms with E-state index in [2.05, 4.69) is 0 Å². The molecule has 0 spiro atoms. The Labute approximate surface area is 119 Å². The second kappa shape index (κ2) is 5.22. The van der Waals surface area contributed by atoms with Crippen LogP contribution in [-0.2, 0) is 19.6 Å². The molecule has 21 heavy (non-hydrogen) atoms. The van der Waals surface area contributed by atoms with Crippen molar-refractivity contribution in [2.24, 2.45) is 0 Å². The number of hydrogen-bond acceptors (Lipinski definition) is 6. The molecule has 1 aromatic carbocycles. The molecule has 10 heteroatoms. The molecule has 0 saturated carbocycles. The molecule has 0 radical (unpaired) electrons. The van der Waals surface area contributed by atoms with Crippen LogP contribution in [0.5, 0.6) is 0 Å². The van der Waals surface area contributed by atoms with Crippen molar-refractivity contribution in [1.29, 1.82) is 0 Å². The Morgan fingerprint density at radius 3 is 2.29 bits per heavy atom. The van der Waals surface area contributed by atoms with Gasteiger partial charge in [0, 0.05) is 12.1 Å². The molecule has 1 aromatic rings. The van der Waals surface area contributed by atoms with Crippen LogP contribution in [0.2, 0.25) is 0 Å². The average molecular weight is 313 g/mol. The predicted octanol–water partition coefficient (Wildman–Crippen LogP) is -0.450. The number of piperazine rings is 1. The van der Waals surface area contributed by atoms with E-state index in [-0.39, 0.29) is 16.1 Å². The number of nitrogens with zero attached hydrogens (tertiary/aromatic N) is 2. The van der Waals surface area contributed by atoms with Gasteiger partial charge in [0.15, 0.2) is 0 Å². The largest absolute Gasteiger partial charge is 0.294 e. The molecule has 1 fully saturated rings. The standard InChI is InChI=1S/C11H11N3O6S/c1-7-4-8(14(17)18)2-3-9(7)21(19,20)13-5-10(15)12-11(16)6-13/h2-4H,5-6H2,1H3,(H,12,15,16). The lowest BCUT2D eigenvalue weighted by Crippen LogP contribution is -2.53. The third-order valence-corrected chi connectivity index (χ3v) is 4.86. The summed E-state index contributed by atoms with van der Waals surface area (Å²) in [6.07, 6.45) is 0. The number of carbonyl (C=O) groups excluding carboxylic acids is 2. The van der Waals surface area contributed by atoms with E-state index in [1.165, 1.54) is 6.92 Å². The molecule has 2 rings (SSSR count). The van der Waals surface area contributed by atoms with Gasteiger partial charge in [-0.3, -0.25) is 25.0 Å². The van der Waals surface area contributed by atoms with Gasteiger partial charge in [-0.1, -0.05) is 0 Å². The van der Waals surface area contributed by atoms with Gasteiger partial charge in [-0.25, -0.2) is 8.42 Å². The summed E-state index contributed by atoms with van der Waals surface area (Å²) in [6, 6.07) is 3.28. The van der Waals surface area contributed by atoms with E-state index in [0.717, 1.165) is 22.5 Å². The first-order valence-corrected chi connectivity index (χ1v) is 7.23. The van der Waals surface area contributed by atoms with Crippen LogP contribution >= 0.6 is 0 Å². The summed E-state index contributed by atoms with van der Waals surface area (Å²) in [6.45, 7) is 0.473. The van der Waals surface area contributed by atoms with Crippen LogP contribution in [0.4, 0.5) is 5.69 Å². The highest BCUT2D eigenvalue weighted by atomic mass is 32.2. The van der Waals surface area contributed by atoms with Gasteiger partial charge in [0.2, 0.25) is 21.8 Å². The molecule has 0 bridgehead atoms. The molecule has 0 unspecified atom stereocenters. The van der Waals surface area contributed by atoms with Gasteiger partial charge in [-0.05, 0) is 18.6 Å². The molecule has 0 atom stereocenters. The molecular formula is C11H11N3O6S. The highest BCUT2D eigenvalue weighted by Crippen LogP contribution is 2.24. The number of aryl methyl sites for hydroxylation is 1. The molecule has 1 aliphatic rings. The summed E-state index contributed by atoms with van der Waals surface area (Å²) in [5.41, 5.74) is -0.0680. The number of nitrogens with one attached hydrogen (secondary N) is 1. The number of non-ortho nitro benzene ring substituents is 1. The fourth-order valence-electron chi connectivity index (χ4n) is 1.96. The maximum Gasteiger partial charge on any atom is 0.269 e. The molecule has 0 aliphatic carbocycles. The number of hydrogen-bond donors (Lipinski definition) is 1. The van der Waals surface area contributed by atoms with Gasteiger partial charge in [0.1, 0.15) is 0 Å². The third kappa shape index (κ3) is 2.90. The monoisotopic (exact) mass is 313 g/mol. The first kappa shape index (κ1) is 15.1. The Morgan fingerprint density at radius 2 is 1.81 bits per heavy atom. The molecule has 1 aliphatic heterocycles. The molecular weight excluding hydrogens is 302 g/mol. The van der Waals surface area contributed by atoms with E-state index in [1.54, 1.807) is 0 Å². The number of imide groups is 1. The Morgan fingerprint density at radius 1 is 1.24 bits per heavy atom. The van der Waals surface area contributed by atoms with Crippen molar-refractivity contribution in [3.63, 3.8) is 0 Å². The van der Waals surface area contributed by atoms with E-state index in [4.69, 9.17) is 0 Å². The minimum Gasteiger partial charge on any atom is -0.294 e. The first-order valence-electron chi connectivity index (χ1n) is 5.79. The number of nitro groups is 1. The normalized spacial score (nSPS) is 16.6. The number of benzene rings is 1. The number of rotatable bonds is 3. The van der Waals surface area contributed by atoms with Crippen LogP contribution in [0.1, 0.15) is 5.56 Å². The Hall–Kier alpha value is -2.33. The van der Waals surface area contributed by atoms with Crippen molar-refractivity contribution in [2.75, 3.05) is 13.1 Å². The number of amides is 2. The first-order chi connectivity index (χ1) is 9.71. The van der Waals surface area contributed by atoms with Crippen molar-refractivity contribution >= 4 is 27.5 Å². The molecule has 1 N–H and O–H groups in total. The van der Waals surface area contributed by atoms with Crippen molar-refractivity contribution in [3.8, 4) is 0 Å². The highest BCUT2D eigenvalue weighted by molar-refractivity contribution is 7.89. The third-order valence-electron chi connectivity index (χ3n) is 2.91. The second-order valence-corrected chi connectivity index (χ2v) is 6.36. The van der Waals surface area contributed by atoms with Gasteiger partial charge in [-0.2, -0.15) is 4.31 Å². The van der Waals surface area contributed by atoms with Gasteiger partial charge in [-0.15, -0.1) is 0 Å². The van der Waals surface area contributed by atoms with Crippen LogP contribution in [-0.4, -0.2) is 42.6 Å². The Kier molecular flexibility index (Phi) is 3.75. The maximum atomic E-state index is 12.4. The van der Waals surface area contributed by atoms with E-state index in [1.807, 2.05) is 5.32 Å². The minimum atomic E-state index is -4.07. The summed E-state index contributed by atoms with van der Waals surface area (Å²) < 4.78 is 25.5. The SMILES string of the molecule is Cc1cc([N+](=O)[O-])ccc1S(=O)(=O)N1CC(=O)NC(=O)C1. The van der Waals surface area contributed by atoms with E-state index in [9.17, 15) is 28.1 Å². The van der Waals surface area contributed by atoms with Crippen LogP contribution in [0.25, 0.3) is 0 Å². The van der Waals surface area contributed by atoms with Crippen LogP contribution in [0.3, 0.4) is 0 Å². The zero-order valence-corrected chi connectivity index (χ0v) is 11.7. The number of sulfonamides is 1. The minimum absolute atomic E-state index is 0.169. The van der Waals surface area contributed by atoms with Gasteiger partial charge < -0.3 is 0 Å². The smallest absolute Gasteiger partial charge is 0.269 e. The van der Waals surface area contributed by atoms with Crippen molar-refractivity contribution in [3.05, 3.63) is 33.9 Å². The van der Waals surface area contributed by atoms with Crippen molar-refractivity contribution in [2.45, 2.75) is 11.8 Å². The summed E-state index contributed by atoms with van der Waals surface area (Å²) in [5, 5.41) is 12.6. The Bertz CT molecular complexity index is 726. The molecule has 112 valence electrons. The lowest BCUT2D eigenvalue weighted by atomic mass is 10.2. The van der Waals surface area contributed by atoms with Crippen LogP contribution in [0, 0.1) is 17.0 Å². The predicted molar refractivity (Wildman–Crippen MR) is 69.7 cm³/mol. The lowest BCUT2D eigenvalue weighted by molar-refractivity contribution is -0.385. The molecule has 9 nitrogen and oxygen atoms in total. The highest BCUT2D eigenvalue weighted by Gasteiger charge is 2.34. The molecule has 0 aromatic heterocycles. The summed E-state index contributed by atoms with van der Waals surface area (Å²) in [4.78, 5) is 32.4. The zero-order chi connectivity index (χ0) is 15.8. The van der Waals surface area contributed by atoms with Gasteiger partial charge >= 0.3 is 0 Å². The van der Waals surface area contributed by atoms with Crippen molar-refractivity contribution < 1.29 is 22.9 Å². The van der Waals surface area contributed by atoms with Crippen LogP contribution in [0.15, 0.2) is 23.1 Å². The zero-order valence-electron chi connectivity index (χ0n) is 10.9. The van der Waals surface area contributed by atoms with Crippen molar-refractivity contribution in [1.82, 2.24) is 9.62 Å². The maximum absolute atomic E-state index is 12.4. The molecule has 1 heterocycles. The average Bonchev–Trinajstić information content (AvgIpc) is 2.36. The topological polar surface area (TPSA) is 127 Å². The Balaban J connectivity index is 2.42. The molecule has 1 saturated heterocycles. The summed E-state index contributed by atoms with van der Waals surface area (Å²) in [5.74, 6) is -1.43. The fourth-order valence-corrected chi connectivity index (χ4v) is 3.51. The number of nitro benzene ring substituents is 1. The number of carbonyl (C=O) groups is 2. The van der Waals surface area contributed by atoms with Gasteiger partial charge in [0.25, 0.3) is 5.69 Å². The summed E-state index contributed by atoms with van der Waals surface area (Å²) >= 11 is 0. The van der Waals surface area contributed by atoms with Gasteiger partial charge in [0.05, 0.1) is 22.9 Å². The molecule has 2 amide bonds. The quantitative estimate of drug-likeness (QED) is 0.457. The second-order valence-electron chi connectivity index (χ2n) is 4.45.